The molecular formula is C31H31NO2. The molecule has 2 bridgehead atoms. The second kappa shape index (κ2) is 8.47. The lowest BCUT2D eigenvalue weighted by Gasteiger charge is -2.33. The number of hydrogen-bond acceptors (Lipinski definition) is 2. The molecule has 34 heavy (non-hydrogen) atoms. The molecule has 3 nitrogen and oxygen atoms in total. The number of ether oxygens (including phenoxy) is 1. The first kappa shape index (κ1) is 21.2. The van der Waals surface area contributed by atoms with Crippen LogP contribution in [0.25, 0.3) is 16.7 Å². The molecule has 0 radical (unpaired) electrons. The third-order valence-corrected chi connectivity index (χ3v) is 7.87. The van der Waals surface area contributed by atoms with Gasteiger partial charge in [0, 0.05) is 12.0 Å². The minimum absolute atomic E-state index is 0.101. The van der Waals surface area contributed by atoms with Crippen LogP contribution in [0.1, 0.15) is 67.2 Å². The zero-order valence-corrected chi connectivity index (χ0v) is 19.9. The maximum absolute atomic E-state index is 13.3. The van der Waals surface area contributed by atoms with Gasteiger partial charge < -0.3 is 4.74 Å². The molecule has 2 aliphatic heterocycles. The van der Waals surface area contributed by atoms with E-state index in [1.807, 2.05) is 4.90 Å². The minimum Gasteiger partial charge on any atom is -0.448 e. The van der Waals surface area contributed by atoms with E-state index in [2.05, 4.69) is 92.7 Å². The monoisotopic (exact) mass is 449 g/mol. The summed E-state index contributed by atoms with van der Waals surface area (Å²) in [5, 5.41) is 0. The summed E-state index contributed by atoms with van der Waals surface area (Å²) in [6.45, 7) is 4.85. The predicted octanol–water partition coefficient (Wildman–Crippen LogP) is 7.38. The molecule has 6 rings (SSSR count). The molecule has 2 atom stereocenters. The number of hydrogen-bond donors (Lipinski definition) is 0. The van der Waals surface area contributed by atoms with Crippen LogP contribution in [-0.2, 0) is 4.74 Å². The zero-order valence-electron chi connectivity index (χ0n) is 19.9. The van der Waals surface area contributed by atoms with E-state index < -0.39 is 0 Å². The van der Waals surface area contributed by atoms with Crippen molar-refractivity contribution in [3.63, 3.8) is 0 Å². The molecule has 0 N–H and O–H groups in total. The van der Waals surface area contributed by atoms with Gasteiger partial charge in [-0.25, -0.2) is 4.79 Å². The molecule has 2 unspecified atom stereocenters. The number of amides is 1. The molecule has 1 amide bonds. The van der Waals surface area contributed by atoms with Gasteiger partial charge in [-0.15, -0.1) is 0 Å². The lowest BCUT2D eigenvalue weighted by molar-refractivity contribution is 0.0866. The Hall–Kier alpha value is -3.33. The highest BCUT2D eigenvalue weighted by Crippen LogP contribution is 2.45. The zero-order chi connectivity index (χ0) is 23.2. The van der Waals surface area contributed by atoms with Crippen molar-refractivity contribution in [2.75, 3.05) is 6.61 Å². The molecule has 0 spiro atoms. The maximum Gasteiger partial charge on any atom is 0.410 e. The van der Waals surface area contributed by atoms with E-state index in [0.29, 0.717) is 12.5 Å². The number of fused-ring (bicyclic) bond motifs is 5. The average molecular weight is 450 g/mol. The van der Waals surface area contributed by atoms with Gasteiger partial charge >= 0.3 is 6.09 Å². The molecule has 172 valence electrons. The van der Waals surface area contributed by atoms with Crippen LogP contribution in [0.5, 0.6) is 0 Å². The molecule has 3 aromatic carbocycles. The predicted molar refractivity (Wildman–Crippen MR) is 137 cm³/mol. The fourth-order valence-electron chi connectivity index (χ4n) is 6.09. The number of carbonyl (C=O) groups excluding carboxylic acids is 1. The SMILES string of the molecule is CC(C)c1cccc(C2=CC3CCC(C2)N3C(=O)OCC2c3ccccc3-c3ccccc32)c1. The summed E-state index contributed by atoms with van der Waals surface area (Å²) < 4.78 is 6.01. The second-order valence-corrected chi connectivity index (χ2v) is 10.2. The van der Waals surface area contributed by atoms with Crippen molar-refractivity contribution in [3.05, 3.63) is 101 Å². The fourth-order valence-corrected chi connectivity index (χ4v) is 6.09. The lowest BCUT2D eigenvalue weighted by Crippen LogP contribution is -2.43. The van der Waals surface area contributed by atoms with E-state index in [1.165, 1.54) is 39.0 Å². The van der Waals surface area contributed by atoms with Crippen LogP contribution in [0, 0.1) is 0 Å². The molecule has 1 saturated heterocycles. The Kier molecular flexibility index (Phi) is 5.28. The molecule has 0 saturated carbocycles. The number of benzene rings is 3. The smallest absolute Gasteiger partial charge is 0.410 e. The summed E-state index contributed by atoms with van der Waals surface area (Å²) in [7, 11) is 0. The van der Waals surface area contributed by atoms with Crippen molar-refractivity contribution in [3.8, 4) is 11.1 Å². The highest BCUT2D eigenvalue weighted by molar-refractivity contribution is 5.79. The molecule has 1 fully saturated rings. The average Bonchev–Trinajstić information content (AvgIpc) is 3.33. The first-order chi connectivity index (χ1) is 16.6. The van der Waals surface area contributed by atoms with E-state index in [0.717, 1.165) is 19.3 Å². The fraction of sp³-hybridized carbons (Fsp3) is 0.323. The van der Waals surface area contributed by atoms with Crippen molar-refractivity contribution in [2.24, 2.45) is 0 Å². The van der Waals surface area contributed by atoms with Crippen LogP contribution in [0.15, 0.2) is 78.9 Å². The highest BCUT2D eigenvalue weighted by atomic mass is 16.6. The lowest BCUT2D eigenvalue weighted by atomic mass is 9.92. The Balaban J connectivity index is 1.19. The minimum atomic E-state index is -0.166. The molecular weight excluding hydrogens is 418 g/mol. The van der Waals surface area contributed by atoms with Crippen LogP contribution in [0.2, 0.25) is 0 Å². The molecule has 3 aliphatic rings. The van der Waals surface area contributed by atoms with Gasteiger partial charge in [-0.2, -0.15) is 0 Å². The molecule has 2 heterocycles. The van der Waals surface area contributed by atoms with Gasteiger partial charge in [0.15, 0.2) is 0 Å². The van der Waals surface area contributed by atoms with Crippen LogP contribution >= 0.6 is 0 Å². The van der Waals surface area contributed by atoms with Crippen LogP contribution < -0.4 is 0 Å². The largest absolute Gasteiger partial charge is 0.448 e. The molecule has 0 aromatic heterocycles. The standard InChI is InChI=1S/C31H31NO2/c1-20(2)21-8-7-9-22(16-21)23-17-24-14-15-25(18-23)32(24)31(33)34-19-30-28-12-5-3-10-26(28)27-11-4-6-13-29(27)30/h3-13,16-17,20,24-25,30H,14-15,18-19H2,1-2H3. The van der Waals surface area contributed by atoms with Crippen molar-refractivity contribution < 1.29 is 9.53 Å². The number of carbonyl (C=O) groups is 1. The Morgan fingerprint density at radius 3 is 2.32 bits per heavy atom. The highest BCUT2D eigenvalue weighted by Gasteiger charge is 2.41. The normalized spacial score (nSPS) is 20.8. The van der Waals surface area contributed by atoms with E-state index >= 15 is 0 Å². The van der Waals surface area contributed by atoms with Crippen LogP contribution in [-0.4, -0.2) is 29.7 Å². The summed E-state index contributed by atoms with van der Waals surface area (Å²) in [6, 6.07) is 26.2. The van der Waals surface area contributed by atoms with Gasteiger partial charge in [0.05, 0.1) is 6.04 Å². The van der Waals surface area contributed by atoms with Gasteiger partial charge in [-0.1, -0.05) is 92.7 Å². The van der Waals surface area contributed by atoms with Crippen molar-refractivity contribution in [1.29, 1.82) is 0 Å². The van der Waals surface area contributed by atoms with Gasteiger partial charge in [-0.3, -0.25) is 4.90 Å². The third kappa shape index (κ3) is 3.55. The van der Waals surface area contributed by atoms with E-state index in [1.54, 1.807) is 0 Å². The Morgan fingerprint density at radius 2 is 1.65 bits per heavy atom. The van der Waals surface area contributed by atoms with Crippen molar-refractivity contribution >= 4 is 11.7 Å². The Bertz CT molecular complexity index is 1230. The quantitative estimate of drug-likeness (QED) is 0.416. The third-order valence-electron chi connectivity index (χ3n) is 7.87. The van der Waals surface area contributed by atoms with E-state index in [9.17, 15) is 4.79 Å². The summed E-state index contributed by atoms with van der Waals surface area (Å²) in [5.41, 5.74) is 9.06. The van der Waals surface area contributed by atoms with Crippen molar-refractivity contribution in [2.45, 2.75) is 57.0 Å². The first-order valence-corrected chi connectivity index (χ1v) is 12.5. The van der Waals surface area contributed by atoms with Gasteiger partial charge in [0.25, 0.3) is 0 Å². The van der Waals surface area contributed by atoms with E-state index in [4.69, 9.17) is 4.74 Å². The van der Waals surface area contributed by atoms with Crippen LogP contribution in [0.4, 0.5) is 4.79 Å². The summed E-state index contributed by atoms with van der Waals surface area (Å²) >= 11 is 0. The summed E-state index contributed by atoms with van der Waals surface area (Å²) in [6.07, 6.45) is 5.11. The number of nitrogens with zero attached hydrogens (tertiary/aromatic N) is 1. The van der Waals surface area contributed by atoms with Crippen LogP contribution in [0.3, 0.4) is 0 Å². The van der Waals surface area contributed by atoms with E-state index in [-0.39, 0.29) is 24.1 Å². The molecule has 3 heteroatoms. The molecule has 1 aliphatic carbocycles. The maximum atomic E-state index is 13.3. The first-order valence-electron chi connectivity index (χ1n) is 12.5. The Labute approximate surface area is 202 Å². The summed E-state index contributed by atoms with van der Waals surface area (Å²) in [5.74, 6) is 0.613. The molecule has 3 aromatic rings. The van der Waals surface area contributed by atoms with Gasteiger partial charge in [0.1, 0.15) is 6.61 Å². The van der Waals surface area contributed by atoms with Crippen molar-refractivity contribution in [1.82, 2.24) is 4.90 Å². The summed E-state index contributed by atoms with van der Waals surface area (Å²) in [4.78, 5) is 15.3. The number of rotatable bonds is 4. The van der Waals surface area contributed by atoms with Gasteiger partial charge in [-0.05, 0) is 64.1 Å². The second-order valence-electron chi connectivity index (χ2n) is 10.2. The topological polar surface area (TPSA) is 29.5 Å². The van der Waals surface area contributed by atoms with Gasteiger partial charge in [0.2, 0.25) is 0 Å². The Morgan fingerprint density at radius 1 is 0.941 bits per heavy atom.